The van der Waals surface area contributed by atoms with Gasteiger partial charge in [0.1, 0.15) is 19.3 Å². The van der Waals surface area contributed by atoms with Crippen LogP contribution in [0.3, 0.4) is 0 Å². The molecule has 0 fully saturated rings. The fourth-order valence-electron chi connectivity index (χ4n) is 2.75. The van der Waals surface area contributed by atoms with Crippen molar-refractivity contribution >= 4 is 18.0 Å². The van der Waals surface area contributed by atoms with Crippen LogP contribution in [0, 0.1) is 0 Å². The van der Waals surface area contributed by atoms with Crippen molar-refractivity contribution in [3.63, 3.8) is 0 Å². The first-order chi connectivity index (χ1) is 15.0. The maximum atomic E-state index is 13.0. The molecule has 0 aliphatic rings. The van der Waals surface area contributed by atoms with Gasteiger partial charge in [0.25, 0.3) is 0 Å². The molecule has 1 N–H and O–H groups in total. The van der Waals surface area contributed by atoms with Crippen LogP contribution in [0.1, 0.15) is 25.0 Å². The van der Waals surface area contributed by atoms with Crippen molar-refractivity contribution in [1.82, 2.24) is 10.2 Å². The van der Waals surface area contributed by atoms with Crippen molar-refractivity contribution in [2.24, 2.45) is 0 Å². The molecule has 0 heterocycles. The van der Waals surface area contributed by atoms with Crippen molar-refractivity contribution in [2.75, 3.05) is 13.2 Å². The first kappa shape index (κ1) is 23.7. The van der Waals surface area contributed by atoms with Gasteiger partial charge in [-0.3, -0.25) is 9.59 Å². The maximum Gasteiger partial charge on any atom is 0.408 e. The van der Waals surface area contributed by atoms with E-state index in [9.17, 15) is 14.4 Å². The van der Waals surface area contributed by atoms with E-state index in [0.29, 0.717) is 13.1 Å². The number of alkyl carbamates (subject to hydrolysis) is 1. The van der Waals surface area contributed by atoms with E-state index >= 15 is 0 Å². The van der Waals surface area contributed by atoms with Gasteiger partial charge in [-0.1, -0.05) is 66.7 Å². The molecule has 2 amide bonds. The topological polar surface area (TPSA) is 84.9 Å². The van der Waals surface area contributed by atoms with Crippen LogP contribution >= 0.6 is 0 Å². The van der Waals surface area contributed by atoms with Gasteiger partial charge in [0.2, 0.25) is 5.91 Å². The lowest BCUT2D eigenvalue weighted by molar-refractivity contribution is -0.139. The Balaban J connectivity index is 1.93. The third kappa shape index (κ3) is 9.16. The lowest BCUT2D eigenvalue weighted by atomic mass is 10.2. The zero-order valence-corrected chi connectivity index (χ0v) is 17.8. The van der Waals surface area contributed by atoms with E-state index in [1.165, 1.54) is 6.92 Å². The lowest BCUT2D eigenvalue weighted by Crippen LogP contribution is -2.46. The Labute approximate surface area is 182 Å². The Kier molecular flexibility index (Phi) is 9.81. The number of nitrogens with zero attached hydrogens (tertiary/aromatic N) is 1. The van der Waals surface area contributed by atoms with Crippen molar-refractivity contribution in [3.8, 4) is 0 Å². The molecule has 0 saturated heterocycles. The minimum atomic E-state index is -0.770. The van der Waals surface area contributed by atoms with Gasteiger partial charge in [-0.15, -0.1) is 0 Å². The van der Waals surface area contributed by atoms with Crippen LogP contribution in [0.15, 0.2) is 72.8 Å². The second-order valence-electron chi connectivity index (χ2n) is 6.91. The Bertz CT molecular complexity index is 868. The fraction of sp³-hybridized carbons (Fsp3) is 0.292. The molecule has 0 unspecified atom stereocenters. The summed E-state index contributed by atoms with van der Waals surface area (Å²) in [5, 5.41) is 2.59. The summed E-state index contributed by atoms with van der Waals surface area (Å²) in [6.45, 7) is 3.90. The predicted molar refractivity (Wildman–Crippen MR) is 117 cm³/mol. The van der Waals surface area contributed by atoms with E-state index in [-0.39, 0.29) is 25.1 Å². The summed E-state index contributed by atoms with van der Waals surface area (Å²) in [5.74, 6) is -0.619. The van der Waals surface area contributed by atoms with Crippen LogP contribution in [0.4, 0.5) is 4.79 Å². The molecular formula is C24H28N2O5. The molecule has 0 saturated carbocycles. The smallest absolute Gasteiger partial charge is 0.408 e. The lowest BCUT2D eigenvalue weighted by Gasteiger charge is -2.25. The predicted octanol–water partition coefficient (Wildman–Crippen LogP) is 3.45. The van der Waals surface area contributed by atoms with Gasteiger partial charge in [0.05, 0.1) is 0 Å². The van der Waals surface area contributed by atoms with E-state index in [0.717, 1.165) is 11.1 Å². The number of carbonyl (C=O) groups is 3. The average Bonchev–Trinajstić information content (AvgIpc) is 2.77. The summed E-state index contributed by atoms with van der Waals surface area (Å²) >= 11 is 0. The molecule has 0 aliphatic heterocycles. The third-order valence-corrected chi connectivity index (χ3v) is 4.32. The summed E-state index contributed by atoms with van der Waals surface area (Å²) in [4.78, 5) is 37.5. The van der Waals surface area contributed by atoms with Crippen LogP contribution < -0.4 is 5.32 Å². The van der Waals surface area contributed by atoms with Crippen molar-refractivity contribution in [3.05, 3.63) is 83.9 Å². The fourth-order valence-corrected chi connectivity index (χ4v) is 2.75. The van der Waals surface area contributed by atoms with Gasteiger partial charge in [0.15, 0.2) is 0 Å². The molecule has 0 spiro atoms. The first-order valence-corrected chi connectivity index (χ1v) is 10.0. The average molecular weight is 424 g/mol. The molecule has 0 aromatic heterocycles. The van der Waals surface area contributed by atoms with Crippen molar-refractivity contribution < 1.29 is 23.9 Å². The van der Waals surface area contributed by atoms with Crippen LogP contribution in [0.5, 0.6) is 0 Å². The maximum absolute atomic E-state index is 13.0. The monoisotopic (exact) mass is 424 g/mol. The quantitative estimate of drug-likeness (QED) is 0.466. The van der Waals surface area contributed by atoms with Gasteiger partial charge < -0.3 is 19.7 Å². The summed E-state index contributed by atoms with van der Waals surface area (Å²) in [7, 11) is 0. The molecule has 2 aromatic rings. The SMILES string of the molecule is CC(=O)OC/C=C/CN(Cc1ccccc1)C(=O)[C@H](C)NC(=O)OCc1ccccc1. The Morgan fingerprint density at radius 3 is 2.16 bits per heavy atom. The Hall–Kier alpha value is -3.61. The molecule has 7 heteroatoms. The largest absolute Gasteiger partial charge is 0.462 e. The number of ether oxygens (including phenoxy) is 2. The van der Waals surface area contributed by atoms with E-state index in [1.54, 1.807) is 24.0 Å². The molecule has 1 atom stereocenters. The summed E-state index contributed by atoms with van der Waals surface area (Å²) < 4.78 is 10.1. The van der Waals surface area contributed by atoms with E-state index in [4.69, 9.17) is 9.47 Å². The third-order valence-electron chi connectivity index (χ3n) is 4.32. The van der Waals surface area contributed by atoms with Crippen LogP contribution in [-0.2, 0) is 32.2 Å². The minimum absolute atomic E-state index is 0.125. The summed E-state index contributed by atoms with van der Waals surface area (Å²) in [5.41, 5.74) is 1.82. The highest BCUT2D eigenvalue weighted by atomic mass is 16.5. The van der Waals surface area contributed by atoms with E-state index in [2.05, 4.69) is 5.32 Å². The minimum Gasteiger partial charge on any atom is -0.462 e. The second kappa shape index (κ2) is 12.8. The van der Waals surface area contributed by atoms with E-state index < -0.39 is 12.1 Å². The molecule has 7 nitrogen and oxygen atoms in total. The number of hydrogen-bond donors (Lipinski definition) is 1. The second-order valence-corrected chi connectivity index (χ2v) is 6.91. The molecule has 0 aliphatic carbocycles. The van der Waals surface area contributed by atoms with Gasteiger partial charge in [0, 0.05) is 20.0 Å². The number of carbonyl (C=O) groups excluding carboxylic acids is 3. The molecule has 2 rings (SSSR count). The highest BCUT2D eigenvalue weighted by Gasteiger charge is 2.22. The number of benzene rings is 2. The Morgan fingerprint density at radius 1 is 0.935 bits per heavy atom. The van der Waals surface area contributed by atoms with E-state index in [1.807, 2.05) is 60.7 Å². The Morgan fingerprint density at radius 2 is 1.55 bits per heavy atom. The van der Waals surface area contributed by atoms with Gasteiger partial charge in [-0.25, -0.2) is 4.79 Å². The summed E-state index contributed by atoms with van der Waals surface area (Å²) in [6.07, 6.45) is 2.78. The molecule has 31 heavy (non-hydrogen) atoms. The van der Waals surface area contributed by atoms with Crippen LogP contribution in [0.2, 0.25) is 0 Å². The molecule has 0 bridgehead atoms. The number of nitrogens with one attached hydrogen (secondary N) is 1. The molecular weight excluding hydrogens is 396 g/mol. The number of rotatable bonds is 10. The van der Waals surface area contributed by atoms with Gasteiger partial charge in [-0.05, 0) is 24.1 Å². The van der Waals surface area contributed by atoms with Crippen LogP contribution in [0.25, 0.3) is 0 Å². The van der Waals surface area contributed by atoms with Crippen molar-refractivity contribution in [1.29, 1.82) is 0 Å². The zero-order valence-electron chi connectivity index (χ0n) is 17.8. The molecule has 0 radical (unpaired) electrons. The number of hydrogen-bond acceptors (Lipinski definition) is 5. The standard InChI is InChI=1S/C24H28N2O5/c1-19(25-24(29)31-18-22-13-7-4-8-14-22)23(28)26(15-9-10-16-30-20(2)27)17-21-11-5-3-6-12-21/h3-14,19H,15-18H2,1-2H3,(H,25,29)/b10-9+/t19-/m0/s1. The van der Waals surface area contributed by atoms with Crippen LogP contribution in [-0.4, -0.2) is 42.1 Å². The number of amides is 2. The van der Waals surface area contributed by atoms with Gasteiger partial charge >= 0.3 is 12.1 Å². The summed E-state index contributed by atoms with van der Waals surface area (Å²) in [6, 6.07) is 18.1. The molecule has 2 aromatic carbocycles. The van der Waals surface area contributed by atoms with Crippen molar-refractivity contribution in [2.45, 2.75) is 33.0 Å². The molecule has 164 valence electrons. The number of esters is 1. The highest BCUT2D eigenvalue weighted by Crippen LogP contribution is 2.07. The first-order valence-electron chi connectivity index (χ1n) is 10.0. The van der Waals surface area contributed by atoms with Gasteiger partial charge in [-0.2, -0.15) is 0 Å². The normalized spacial score (nSPS) is 11.5. The highest BCUT2D eigenvalue weighted by molar-refractivity contribution is 5.85. The zero-order chi connectivity index (χ0) is 22.5.